The number of hydrogen-bond donors (Lipinski definition) is 3. The monoisotopic (exact) mass is 393 g/mol. The van der Waals surface area contributed by atoms with Gasteiger partial charge in [0.25, 0.3) is 0 Å². The van der Waals surface area contributed by atoms with Gasteiger partial charge in [-0.15, -0.1) is 0 Å². The highest BCUT2D eigenvalue weighted by atomic mass is 19.4. The van der Waals surface area contributed by atoms with Crippen LogP contribution in [0.3, 0.4) is 0 Å². The minimum absolute atomic E-state index is 0.220. The summed E-state index contributed by atoms with van der Waals surface area (Å²) in [7, 11) is 0. The second-order valence-electron chi connectivity index (χ2n) is 6.62. The van der Waals surface area contributed by atoms with Gasteiger partial charge in [-0.05, 0) is 43.5 Å². The predicted molar refractivity (Wildman–Crippen MR) is 85.5 cm³/mol. The van der Waals surface area contributed by atoms with E-state index in [9.17, 15) is 31.4 Å². The minimum atomic E-state index is -4.98. The zero-order chi connectivity index (χ0) is 20.0. The normalized spacial score (nSPS) is 22.8. The number of aliphatic hydroxyl groups excluding tert-OH is 1. The van der Waals surface area contributed by atoms with Gasteiger partial charge in [0.2, 0.25) is 0 Å². The summed E-state index contributed by atoms with van der Waals surface area (Å²) in [4.78, 5) is 3.21. The highest BCUT2D eigenvalue weighted by Crippen LogP contribution is 2.40. The summed E-state index contributed by atoms with van der Waals surface area (Å²) >= 11 is 0. The van der Waals surface area contributed by atoms with Crippen molar-refractivity contribution in [3.63, 3.8) is 0 Å². The van der Waals surface area contributed by atoms with Gasteiger partial charge < -0.3 is 10.8 Å². The van der Waals surface area contributed by atoms with E-state index < -0.39 is 40.9 Å². The van der Waals surface area contributed by atoms with Crippen molar-refractivity contribution in [2.75, 3.05) is 6.54 Å². The van der Waals surface area contributed by atoms with Crippen LogP contribution in [0.5, 0.6) is 0 Å². The van der Waals surface area contributed by atoms with E-state index >= 15 is 0 Å². The van der Waals surface area contributed by atoms with Crippen LogP contribution in [0.1, 0.15) is 42.2 Å². The third-order valence-corrected chi connectivity index (χ3v) is 4.72. The van der Waals surface area contributed by atoms with Gasteiger partial charge in [0.1, 0.15) is 11.8 Å². The van der Waals surface area contributed by atoms with Crippen LogP contribution in [0, 0.1) is 0 Å². The van der Waals surface area contributed by atoms with Gasteiger partial charge in [-0.25, -0.2) is 4.98 Å². The summed E-state index contributed by atoms with van der Waals surface area (Å²) in [6, 6.07) is 3.48. The molecule has 0 bridgehead atoms. The molecule has 27 heavy (non-hydrogen) atoms. The first-order valence-electron chi connectivity index (χ1n) is 8.23. The number of nitrogens with two attached hydrogens (primary N) is 1. The van der Waals surface area contributed by atoms with E-state index in [1.165, 1.54) is 6.07 Å². The van der Waals surface area contributed by atoms with Crippen molar-refractivity contribution < 1.29 is 31.4 Å². The maximum Gasteiger partial charge on any atom is 0.433 e. The number of para-hydroxylation sites is 1. The molecule has 1 aliphatic rings. The van der Waals surface area contributed by atoms with E-state index in [1.54, 1.807) is 0 Å². The van der Waals surface area contributed by atoms with E-state index in [4.69, 9.17) is 5.73 Å². The van der Waals surface area contributed by atoms with E-state index in [-0.39, 0.29) is 17.4 Å². The van der Waals surface area contributed by atoms with Crippen LogP contribution in [0.4, 0.5) is 26.3 Å². The molecule has 0 amide bonds. The molecule has 2 atom stereocenters. The van der Waals surface area contributed by atoms with Gasteiger partial charge in [-0.3, -0.25) is 5.32 Å². The Morgan fingerprint density at radius 3 is 2.37 bits per heavy atom. The molecule has 4 N–H and O–H groups in total. The number of fused-ring (bicyclic) bond motifs is 1. The van der Waals surface area contributed by atoms with E-state index in [2.05, 4.69) is 10.3 Å². The quantitative estimate of drug-likeness (QED) is 0.680. The summed E-state index contributed by atoms with van der Waals surface area (Å²) in [5.74, 6) is 0. The van der Waals surface area contributed by atoms with Crippen molar-refractivity contribution in [1.82, 2.24) is 10.3 Å². The second-order valence-corrected chi connectivity index (χ2v) is 6.62. The maximum absolute atomic E-state index is 13.3. The SMILES string of the molecule is NC1([C@H](O)c2cc(C(F)(F)F)nc3c(C(F)(F)F)cccc23)CCCCN1. The molecule has 10 heteroatoms. The zero-order valence-electron chi connectivity index (χ0n) is 14.0. The molecule has 1 aromatic carbocycles. The van der Waals surface area contributed by atoms with Crippen LogP contribution in [-0.2, 0) is 12.4 Å². The molecular formula is C17H17F6N3O. The number of nitrogens with zero attached hydrogens (tertiary/aromatic N) is 1. The number of hydrogen-bond acceptors (Lipinski definition) is 4. The number of rotatable bonds is 2. The molecule has 2 heterocycles. The standard InChI is InChI=1S/C17H17F6N3O/c18-16(19,20)11-5-3-4-9-10(8-12(17(21,22)23)26-13(9)11)14(27)15(24)6-1-2-7-25-15/h3-5,8,14,25,27H,1-2,6-7,24H2/t14-,15?/m1/s1. The van der Waals surface area contributed by atoms with E-state index in [0.29, 0.717) is 25.1 Å². The molecule has 1 aliphatic heterocycles. The molecule has 1 aromatic heterocycles. The molecule has 0 saturated carbocycles. The fourth-order valence-electron chi connectivity index (χ4n) is 3.34. The highest BCUT2D eigenvalue weighted by molar-refractivity contribution is 5.86. The first-order valence-corrected chi connectivity index (χ1v) is 8.23. The summed E-state index contributed by atoms with van der Waals surface area (Å²) in [5.41, 5.74) is 0.661. The first kappa shape index (κ1) is 19.8. The minimum Gasteiger partial charge on any atom is -0.385 e. The lowest BCUT2D eigenvalue weighted by atomic mass is 9.87. The number of pyridine rings is 1. The molecule has 2 aromatic rings. The summed E-state index contributed by atoms with van der Waals surface area (Å²) in [5, 5.41) is 13.4. The molecule has 1 unspecified atom stereocenters. The van der Waals surface area contributed by atoms with Crippen molar-refractivity contribution in [3.8, 4) is 0 Å². The van der Waals surface area contributed by atoms with Crippen molar-refractivity contribution in [1.29, 1.82) is 0 Å². The average molecular weight is 393 g/mol. The largest absolute Gasteiger partial charge is 0.433 e. The second kappa shape index (κ2) is 6.61. The van der Waals surface area contributed by atoms with Crippen LogP contribution in [-0.4, -0.2) is 22.3 Å². The molecule has 1 fully saturated rings. The fourth-order valence-corrected chi connectivity index (χ4v) is 3.34. The van der Waals surface area contributed by atoms with Crippen LogP contribution < -0.4 is 11.1 Å². The smallest absolute Gasteiger partial charge is 0.385 e. The lowest BCUT2D eigenvalue weighted by molar-refractivity contribution is -0.142. The van der Waals surface area contributed by atoms with Gasteiger partial charge in [0.15, 0.2) is 0 Å². The predicted octanol–water partition coefficient (Wildman–Crippen LogP) is 3.73. The highest BCUT2D eigenvalue weighted by Gasteiger charge is 2.41. The van der Waals surface area contributed by atoms with Crippen LogP contribution in [0.15, 0.2) is 24.3 Å². The number of aromatic nitrogens is 1. The van der Waals surface area contributed by atoms with Gasteiger partial charge in [-0.1, -0.05) is 12.1 Å². The molecule has 0 aliphatic carbocycles. The molecule has 0 spiro atoms. The third kappa shape index (κ3) is 3.74. The Morgan fingerprint density at radius 2 is 1.81 bits per heavy atom. The molecule has 1 saturated heterocycles. The van der Waals surface area contributed by atoms with Gasteiger partial charge in [0, 0.05) is 5.39 Å². The summed E-state index contributed by atoms with van der Waals surface area (Å²) in [6.07, 6.45) is -9.87. The first-order chi connectivity index (χ1) is 12.4. The number of benzene rings is 1. The maximum atomic E-state index is 13.3. The topological polar surface area (TPSA) is 71.2 Å². The Labute approximate surface area is 150 Å². The van der Waals surface area contributed by atoms with Crippen LogP contribution in [0.2, 0.25) is 0 Å². The van der Waals surface area contributed by atoms with Gasteiger partial charge >= 0.3 is 12.4 Å². The van der Waals surface area contributed by atoms with Gasteiger partial charge in [0.05, 0.1) is 16.7 Å². The summed E-state index contributed by atoms with van der Waals surface area (Å²) in [6.45, 7) is 0.441. The molecule has 0 radical (unpaired) electrons. The summed E-state index contributed by atoms with van der Waals surface area (Å²) < 4.78 is 79.6. The fraction of sp³-hybridized carbons (Fsp3) is 0.471. The number of nitrogens with one attached hydrogen (secondary N) is 1. The Bertz CT molecular complexity index is 843. The lowest BCUT2D eigenvalue weighted by Crippen LogP contribution is -2.60. The average Bonchev–Trinajstić information content (AvgIpc) is 2.58. The Kier molecular flexibility index (Phi) is 4.86. The van der Waals surface area contributed by atoms with E-state index in [1.807, 2.05) is 0 Å². The molecule has 4 nitrogen and oxygen atoms in total. The van der Waals surface area contributed by atoms with Crippen molar-refractivity contribution in [2.45, 2.75) is 43.4 Å². The Morgan fingerprint density at radius 1 is 1.11 bits per heavy atom. The van der Waals surface area contributed by atoms with E-state index in [0.717, 1.165) is 12.5 Å². The van der Waals surface area contributed by atoms with Crippen molar-refractivity contribution >= 4 is 10.9 Å². The zero-order valence-corrected chi connectivity index (χ0v) is 14.0. The Hall–Kier alpha value is -1.91. The third-order valence-electron chi connectivity index (χ3n) is 4.72. The number of alkyl halides is 6. The molecular weight excluding hydrogens is 376 g/mol. The number of aliphatic hydroxyl groups is 1. The van der Waals surface area contributed by atoms with Crippen molar-refractivity contribution in [2.24, 2.45) is 5.73 Å². The van der Waals surface area contributed by atoms with Crippen molar-refractivity contribution in [3.05, 3.63) is 41.1 Å². The number of piperidine rings is 1. The Balaban J connectivity index is 2.28. The molecule has 3 rings (SSSR count). The van der Waals surface area contributed by atoms with Gasteiger partial charge in [-0.2, -0.15) is 26.3 Å². The lowest BCUT2D eigenvalue weighted by Gasteiger charge is -2.39. The van der Waals surface area contributed by atoms with Crippen LogP contribution in [0.25, 0.3) is 10.9 Å². The van der Waals surface area contributed by atoms with Crippen LogP contribution >= 0.6 is 0 Å². The number of halogens is 6. The molecule has 148 valence electrons.